The molecule has 1 atom stereocenters. The third-order valence-corrected chi connectivity index (χ3v) is 3.29. The lowest BCUT2D eigenvalue weighted by Gasteiger charge is -2.19. The molecular weight excluding hydrogens is 190 g/mol. The van der Waals surface area contributed by atoms with Crippen molar-refractivity contribution >= 4 is 5.91 Å². The van der Waals surface area contributed by atoms with Crippen LogP contribution in [-0.2, 0) is 4.79 Å². The number of amides is 1. The highest BCUT2D eigenvalue weighted by atomic mass is 16.3. The van der Waals surface area contributed by atoms with Crippen molar-refractivity contribution in [3.63, 3.8) is 0 Å². The molecule has 88 valence electrons. The quantitative estimate of drug-likeness (QED) is 0.700. The average molecular weight is 213 g/mol. The number of carbonyl (C=O) groups excluding carboxylic acids is 1. The lowest BCUT2D eigenvalue weighted by atomic mass is 10.0. The van der Waals surface area contributed by atoms with Gasteiger partial charge >= 0.3 is 0 Å². The number of aliphatic hydroxyl groups excluding tert-OH is 1. The molecule has 0 aromatic rings. The van der Waals surface area contributed by atoms with E-state index in [1.807, 2.05) is 6.92 Å². The van der Waals surface area contributed by atoms with E-state index < -0.39 is 0 Å². The maximum Gasteiger partial charge on any atom is 0.225 e. The molecule has 1 unspecified atom stereocenters. The van der Waals surface area contributed by atoms with Crippen LogP contribution in [0.3, 0.4) is 0 Å². The minimum atomic E-state index is -0.215. The molecule has 0 bridgehead atoms. The van der Waals surface area contributed by atoms with E-state index in [4.69, 9.17) is 5.11 Å². The molecule has 0 heterocycles. The van der Waals surface area contributed by atoms with Crippen LogP contribution in [0.15, 0.2) is 0 Å². The molecule has 3 heteroatoms. The molecule has 1 fully saturated rings. The Balaban J connectivity index is 2.34. The van der Waals surface area contributed by atoms with Crippen LogP contribution in [0, 0.1) is 5.92 Å². The molecule has 1 amide bonds. The molecule has 1 aliphatic rings. The predicted molar refractivity (Wildman–Crippen MR) is 60.5 cm³/mol. The van der Waals surface area contributed by atoms with Crippen LogP contribution in [0.25, 0.3) is 0 Å². The second-order valence-corrected chi connectivity index (χ2v) is 4.48. The standard InChI is InChI=1S/C12H23NO2/c1-2-10(9-14)12(15)13-11-7-5-3-4-6-8-11/h10-11,14H,2-9H2,1H3,(H,13,15). The third kappa shape index (κ3) is 4.20. The highest BCUT2D eigenvalue weighted by Crippen LogP contribution is 2.17. The first kappa shape index (κ1) is 12.5. The average Bonchev–Trinajstić information content (AvgIpc) is 2.48. The lowest BCUT2D eigenvalue weighted by molar-refractivity contribution is -0.127. The summed E-state index contributed by atoms with van der Waals surface area (Å²) in [6, 6.07) is 0.348. The molecule has 0 radical (unpaired) electrons. The molecular formula is C12H23NO2. The van der Waals surface area contributed by atoms with Crippen LogP contribution >= 0.6 is 0 Å². The SMILES string of the molecule is CCC(CO)C(=O)NC1CCCCCC1. The van der Waals surface area contributed by atoms with Gasteiger partial charge in [0.15, 0.2) is 0 Å². The fraction of sp³-hybridized carbons (Fsp3) is 0.917. The van der Waals surface area contributed by atoms with Gasteiger partial charge in [-0.2, -0.15) is 0 Å². The predicted octanol–water partition coefficient (Wildman–Crippen LogP) is 1.84. The van der Waals surface area contributed by atoms with Gasteiger partial charge in [0, 0.05) is 6.04 Å². The molecule has 0 spiro atoms. The summed E-state index contributed by atoms with van der Waals surface area (Å²) in [7, 11) is 0. The fourth-order valence-corrected chi connectivity index (χ4v) is 2.14. The van der Waals surface area contributed by atoms with Gasteiger partial charge in [0.05, 0.1) is 12.5 Å². The van der Waals surface area contributed by atoms with Gasteiger partial charge in [0.1, 0.15) is 0 Å². The van der Waals surface area contributed by atoms with Crippen molar-refractivity contribution in [3.05, 3.63) is 0 Å². The van der Waals surface area contributed by atoms with E-state index in [9.17, 15) is 4.79 Å². The molecule has 1 rings (SSSR count). The minimum absolute atomic E-state index is 0.0327. The van der Waals surface area contributed by atoms with Crippen LogP contribution in [0.1, 0.15) is 51.9 Å². The van der Waals surface area contributed by atoms with Gasteiger partial charge in [0.2, 0.25) is 5.91 Å². The summed E-state index contributed by atoms with van der Waals surface area (Å²) in [4.78, 5) is 11.7. The second-order valence-electron chi connectivity index (χ2n) is 4.48. The third-order valence-electron chi connectivity index (χ3n) is 3.29. The van der Waals surface area contributed by atoms with Gasteiger partial charge in [-0.15, -0.1) is 0 Å². The Labute approximate surface area is 92.3 Å². The Kier molecular flexibility index (Phi) is 5.69. The Morgan fingerprint density at radius 2 is 1.93 bits per heavy atom. The number of nitrogens with one attached hydrogen (secondary N) is 1. The Morgan fingerprint density at radius 1 is 1.33 bits per heavy atom. The van der Waals surface area contributed by atoms with Gasteiger partial charge in [-0.05, 0) is 19.3 Å². The highest BCUT2D eigenvalue weighted by molar-refractivity contribution is 5.78. The zero-order valence-electron chi connectivity index (χ0n) is 9.67. The van der Waals surface area contributed by atoms with Gasteiger partial charge in [-0.1, -0.05) is 32.6 Å². The van der Waals surface area contributed by atoms with Crippen LogP contribution in [0.5, 0.6) is 0 Å². The van der Waals surface area contributed by atoms with Crippen molar-refractivity contribution in [3.8, 4) is 0 Å². The molecule has 1 aliphatic carbocycles. The molecule has 15 heavy (non-hydrogen) atoms. The number of hydrogen-bond donors (Lipinski definition) is 2. The summed E-state index contributed by atoms with van der Waals surface area (Å²) in [6.45, 7) is 1.91. The summed E-state index contributed by atoms with van der Waals surface area (Å²) in [5.41, 5.74) is 0. The van der Waals surface area contributed by atoms with Crippen molar-refractivity contribution in [2.24, 2.45) is 5.92 Å². The van der Waals surface area contributed by atoms with E-state index in [-0.39, 0.29) is 18.4 Å². The summed E-state index contributed by atoms with van der Waals surface area (Å²) >= 11 is 0. The maximum absolute atomic E-state index is 11.7. The Bertz CT molecular complexity index is 182. The summed E-state index contributed by atoms with van der Waals surface area (Å²) in [5.74, 6) is -0.180. The fourth-order valence-electron chi connectivity index (χ4n) is 2.14. The maximum atomic E-state index is 11.7. The van der Waals surface area contributed by atoms with E-state index in [1.165, 1.54) is 25.7 Å². The summed E-state index contributed by atoms with van der Waals surface area (Å²) in [5, 5.41) is 12.1. The van der Waals surface area contributed by atoms with Crippen molar-refractivity contribution in [2.45, 2.75) is 57.9 Å². The minimum Gasteiger partial charge on any atom is -0.396 e. The van der Waals surface area contributed by atoms with Gasteiger partial charge in [-0.25, -0.2) is 0 Å². The molecule has 1 saturated carbocycles. The number of aliphatic hydroxyl groups is 1. The molecule has 0 aromatic heterocycles. The first-order chi connectivity index (χ1) is 7.27. The van der Waals surface area contributed by atoms with E-state index in [1.54, 1.807) is 0 Å². The normalized spacial score (nSPS) is 20.7. The van der Waals surface area contributed by atoms with Crippen LogP contribution in [0.4, 0.5) is 0 Å². The van der Waals surface area contributed by atoms with Gasteiger partial charge < -0.3 is 10.4 Å². The lowest BCUT2D eigenvalue weighted by Crippen LogP contribution is -2.39. The Morgan fingerprint density at radius 3 is 2.40 bits per heavy atom. The summed E-state index contributed by atoms with van der Waals surface area (Å²) < 4.78 is 0. The smallest absolute Gasteiger partial charge is 0.225 e. The zero-order valence-corrected chi connectivity index (χ0v) is 9.67. The van der Waals surface area contributed by atoms with Gasteiger partial charge in [0.25, 0.3) is 0 Å². The van der Waals surface area contributed by atoms with Crippen molar-refractivity contribution in [1.82, 2.24) is 5.32 Å². The molecule has 0 aromatic carbocycles. The number of rotatable bonds is 4. The molecule has 3 nitrogen and oxygen atoms in total. The van der Waals surface area contributed by atoms with E-state index in [0.717, 1.165) is 19.3 Å². The van der Waals surface area contributed by atoms with Crippen molar-refractivity contribution < 1.29 is 9.90 Å². The topological polar surface area (TPSA) is 49.3 Å². The largest absolute Gasteiger partial charge is 0.396 e. The molecule has 0 aliphatic heterocycles. The van der Waals surface area contributed by atoms with Crippen LogP contribution < -0.4 is 5.32 Å². The van der Waals surface area contributed by atoms with E-state index in [0.29, 0.717) is 6.04 Å². The van der Waals surface area contributed by atoms with Crippen molar-refractivity contribution in [2.75, 3.05) is 6.61 Å². The van der Waals surface area contributed by atoms with Gasteiger partial charge in [-0.3, -0.25) is 4.79 Å². The Hall–Kier alpha value is -0.570. The van der Waals surface area contributed by atoms with E-state index >= 15 is 0 Å². The summed E-state index contributed by atoms with van der Waals surface area (Å²) in [6.07, 6.45) is 7.96. The zero-order chi connectivity index (χ0) is 11.1. The number of carbonyl (C=O) groups is 1. The first-order valence-electron chi connectivity index (χ1n) is 6.19. The monoisotopic (exact) mass is 213 g/mol. The van der Waals surface area contributed by atoms with Crippen molar-refractivity contribution in [1.29, 1.82) is 0 Å². The highest BCUT2D eigenvalue weighted by Gasteiger charge is 2.19. The number of hydrogen-bond acceptors (Lipinski definition) is 2. The van der Waals surface area contributed by atoms with Crippen LogP contribution in [0.2, 0.25) is 0 Å². The second kappa shape index (κ2) is 6.83. The van der Waals surface area contributed by atoms with Crippen LogP contribution in [-0.4, -0.2) is 23.7 Å². The molecule has 2 N–H and O–H groups in total. The van der Waals surface area contributed by atoms with E-state index in [2.05, 4.69) is 5.32 Å². The molecule has 0 saturated heterocycles. The first-order valence-corrected chi connectivity index (χ1v) is 6.19.